The number of benzene rings is 1. The van der Waals surface area contributed by atoms with E-state index in [1.165, 1.54) is 6.42 Å². The lowest BCUT2D eigenvalue weighted by Gasteiger charge is -2.37. The van der Waals surface area contributed by atoms with Crippen molar-refractivity contribution in [2.45, 2.75) is 52.1 Å². The maximum Gasteiger partial charge on any atom is 0.263 e. The predicted octanol–water partition coefficient (Wildman–Crippen LogP) is 5.38. The highest BCUT2D eigenvalue weighted by atomic mass is 19.3. The highest BCUT2D eigenvalue weighted by Gasteiger charge is 2.30. The highest BCUT2D eigenvalue weighted by Crippen LogP contribution is 2.32. The molecule has 2 saturated heterocycles. The Kier molecular flexibility index (Phi) is 11.2. The minimum Gasteiger partial charge on any atom is -0.378 e. The van der Waals surface area contributed by atoms with Gasteiger partial charge in [-0.2, -0.15) is 8.78 Å². The van der Waals surface area contributed by atoms with E-state index in [1.54, 1.807) is 19.0 Å². The largest absolute Gasteiger partial charge is 0.378 e. The standard InChI is InChI=1S/C29H40N4O3.C2H2F2/c1-20-6-5-7-24(18-20)27(34)29(36)33-16-12-23(13-17-33)19-22-10-14-32(15-11-22)26-9-8-25(21(2)30-26)28(35)31(3)4;1-2(3)4/h5-9,18,22-23,27,34H,10-17,19H2,1-4H3;1H2. The van der Waals surface area contributed by atoms with Crippen molar-refractivity contribution in [3.8, 4) is 0 Å². The van der Waals surface area contributed by atoms with Crippen molar-refractivity contribution < 1.29 is 23.5 Å². The molecule has 40 heavy (non-hydrogen) atoms. The molecule has 0 saturated carbocycles. The summed E-state index contributed by atoms with van der Waals surface area (Å²) in [6.07, 6.45) is 2.61. The average Bonchev–Trinajstić information content (AvgIpc) is 2.92. The van der Waals surface area contributed by atoms with Crippen LogP contribution < -0.4 is 4.90 Å². The third-order valence-corrected chi connectivity index (χ3v) is 7.83. The minimum atomic E-state index is -1.83. The van der Waals surface area contributed by atoms with E-state index in [0.717, 1.165) is 68.9 Å². The fourth-order valence-corrected chi connectivity index (χ4v) is 5.60. The molecule has 1 unspecified atom stereocenters. The van der Waals surface area contributed by atoms with E-state index in [1.807, 2.05) is 55.1 Å². The number of anilines is 1. The number of halogens is 2. The second kappa shape index (κ2) is 14.3. The monoisotopic (exact) mass is 556 g/mol. The van der Waals surface area contributed by atoms with E-state index in [2.05, 4.69) is 11.5 Å². The predicted molar refractivity (Wildman–Crippen MR) is 153 cm³/mol. The van der Waals surface area contributed by atoms with Gasteiger partial charge in [-0.1, -0.05) is 29.8 Å². The number of carbonyl (C=O) groups is 2. The van der Waals surface area contributed by atoms with Gasteiger partial charge < -0.3 is 19.8 Å². The van der Waals surface area contributed by atoms with Crippen LogP contribution in [0.25, 0.3) is 0 Å². The number of aromatic nitrogens is 1. The molecule has 0 aliphatic carbocycles. The number of carbonyl (C=O) groups excluding carboxylic acids is 2. The summed E-state index contributed by atoms with van der Waals surface area (Å²) in [5.74, 6) is 2.11. The average molecular weight is 557 g/mol. The summed E-state index contributed by atoms with van der Waals surface area (Å²) in [6.45, 7) is 9.53. The lowest BCUT2D eigenvalue weighted by Crippen LogP contribution is -2.42. The van der Waals surface area contributed by atoms with Crippen LogP contribution in [0.5, 0.6) is 0 Å². The van der Waals surface area contributed by atoms with Gasteiger partial charge in [0.25, 0.3) is 17.9 Å². The summed E-state index contributed by atoms with van der Waals surface area (Å²) < 4.78 is 20.3. The molecule has 2 aromatic rings. The van der Waals surface area contributed by atoms with Crippen LogP contribution in [0.2, 0.25) is 0 Å². The number of nitrogens with zero attached hydrogens (tertiary/aromatic N) is 4. The Bertz CT molecular complexity index is 1170. The van der Waals surface area contributed by atoms with Gasteiger partial charge in [0, 0.05) is 40.3 Å². The van der Waals surface area contributed by atoms with Gasteiger partial charge in [0.2, 0.25) is 0 Å². The second-order valence-electron chi connectivity index (χ2n) is 11.1. The molecule has 0 bridgehead atoms. The molecule has 3 heterocycles. The zero-order valence-corrected chi connectivity index (χ0v) is 24.1. The quantitative estimate of drug-likeness (QED) is 0.517. The number of hydrogen-bond donors (Lipinski definition) is 1. The molecule has 2 aliphatic heterocycles. The van der Waals surface area contributed by atoms with E-state index in [0.29, 0.717) is 23.0 Å². The fourth-order valence-electron chi connectivity index (χ4n) is 5.60. The summed E-state index contributed by atoms with van der Waals surface area (Å²) in [7, 11) is 3.52. The number of likely N-dealkylation sites (tertiary alicyclic amines) is 1. The first kappa shape index (κ1) is 31.2. The topological polar surface area (TPSA) is 77.0 Å². The number of aliphatic hydroxyl groups is 1. The summed E-state index contributed by atoms with van der Waals surface area (Å²) in [5.41, 5.74) is 3.17. The van der Waals surface area contributed by atoms with Crippen LogP contribution in [0.1, 0.15) is 65.4 Å². The lowest BCUT2D eigenvalue weighted by atomic mass is 9.82. The van der Waals surface area contributed by atoms with Crippen LogP contribution in [-0.4, -0.2) is 72.0 Å². The number of aliphatic hydroxyl groups excluding tert-OH is 1. The third-order valence-electron chi connectivity index (χ3n) is 7.83. The SMILES string of the molecule is C=C(F)F.Cc1cccc(C(O)C(=O)N2CCC(CC3CCN(c4ccc(C(=O)N(C)C)c(C)n4)CC3)CC2)c1. The van der Waals surface area contributed by atoms with Crippen molar-refractivity contribution in [1.29, 1.82) is 0 Å². The Labute approximate surface area is 236 Å². The van der Waals surface area contributed by atoms with E-state index in [4.69, 9.17) is 4.98 Å². The van der Waals surface area contributed by atoms with Crippen LogP contribution in [0.15, 0.2) is 49.1 Å². The molecule has 2 fully saturated rings. The van der Waals surface area contributed by atoms with E-state index in [9.17, 15) is 23.5 Å². The maximum atomic E-state index is 12.8. The molecule has 1 N–H and O–H groups in total. The molecule has 1 aromatic carbocycles. The number of rotatable bonds is 6. The van der Waals surface area contributed by atoms with Crippen molar-refractivity contribution >= 4 is 17.6 Å². The molecule has 0 spiro atoms. The zero-order chi connectivity index (χ0) is 29.4. The molecular formula is C31H42F2N4O3. The van der Waals surface area contributed by atoms with Crippen LogP contribution >= 0.6 is 0 Å². The Balaban J connectivity index is 0.00000103. The molecule has 9 heteroatoms. The lowest BCUT2D eigenvalue weighted by molar-refractivity contribution is -0.142. The summed E-state index contributed by atoms with van der Waals surface area (Å²) in [6, 6.07) is 11.4. The minimum absolute atomic E-state index is 0.0114. The van der Waals surface area contributed by atoms with Crippen LogP contribution in [0, 0.1) is 25.7 Å². The van der Waals surface area contributed by atoms with Gasteiger partial charge in [-0.25, -0.2) is 4.98 Å². The van der Waals surface area contributed by atoms with Crippen molar-refractivity contribution in [3.05, 3.63) is 71.4 Å². The number of piperidine rings is 2. The first-order chi connectivity index (χ1) is 19.0. The normalized spacial score (nSPS) is 17.1. The number of amides is 2. The van der Waals surface area contributed by atoms with Gasteiger partial charge in [0.15, 0.2) is 6.10 Å². The highest BCUT2D eigenvalue weighted by molar-refractivity contribution is 5.95. The smallest absolute Gasteiger partial charge is 0.263 e. The molecule has 0 radical (unpaired) electrons. The Morgan fingerprint density at radius 2 is 1.60 bits per heavy atom. The molecule has 1 atom stereocenters. The van der Waals surface area contributed by atoms with Gasteiger partial charge in [-0.3, -0.25) is 9.59 Å². The van der Waals surface area contributed by atoms with Crippen LogP contribution in [0.4, 0.5) is 14.6 Å². The second-order valence-corrected chi connectivity index (χ2v) is 11.1. The summed E-state index contributed by atoms with van der Waals surface area (Å²) >= 11 is 0. The number of hydrogen-bond acceptors (Lipinski definition) is 5. The molecule has 2 aliphatic rings. The Morgan fingerprint density at radius 1 is 1.02 bits per heavy atom. The number of aryl methyl sites for hydroxylation is 2. The van der Waals surface area contributed by atoms with E-state index < -0.39 is 12.2 Å². The van der Waals surface area contributed by atoms with Gasteiger partial charge >= 0.3 is 0 Å². The summed E-state index contributed by atoms with van der Waals surface area (Å²) in [5, 5.41) is 10.6. The van der Waals surface area contributed by atoms with Gasteiger partial charge in [0.1, 0.15) is 5.82 Å². The van der Waals surface area contributed by atoms with Gasteiger partial charge in [0.05, 0.1) is 11.3 Å². The van der Waals surface area contributed by atoms with Crippen molar-refractivity contribution in [2.75, 3.05) is 45.2 Å². The molecular weight excluding hydrogens is 514 g/mol. The van der Waals surface area contributed by atoms with E-state index >= 15 is 0 Å². The Hall–Kier alpha value is -3.33. The van der Waals surface area contributed by atoms with Crippen LogP contribution in [-0.2, 0) is 4.79 Å². The van der Waals surface area contributed by atoms with Crippen molar-refractivity contribution in [3.63, 3.8) is 0 Å². The van der Waals surface area contributed by atoms with Gasteiger partial charge in [-0.05, 0) is 82.1 Å². The first-order valence-electron chi connectivity index (χ1n) is 13.9. The molecule has 4 rings (SSSR count). The fraction of sp³-hybridized carbons (Fsp3) is 0.516. The number of pyridine rings is 1. The van der Waals surface area contributed by atoms with E-state index in [-0.39, 0.29) is 11.8 Å². The molecule has 7 nitrogen and oxygen atoms in total. The third kappa shape index (κ3) is 8.58. The molecule has 2 amide bonds. The van der Waals surface area contributed by atoms with Gasteiger partial charge in [-0.15, -0.1) is 0 Å². The molecule has 1 aromatic heterocycles. The zero-order valence-electron chi connectivity index (χ0n) is 24.1. The van der Waals surface area contributed by atoms with Crippen molar-refractivity contribution in [1.82, 2.24) is 14.8 Å². The van der Waals surface area contributed by atoms with Crippen molar-refractivity contribution in [2.24, 2.45) is 11.8 Å². The summed E-state index contributed by atoms with van der Waals surface area (Å²) in [4.78, 5) is 35.6. The molecule has 218 valence electrons. The van der Waals surface area contributed by atoms with Crippen LogP contribution in [0.3, 0.4) is 0 Å². The maximum absolute atomic E-state index is 12.8. The first-order valence-corrected chi connectivity index (χ1v) is 13.9. The Morgan fingerprint density at radius 3 is 2.12 bits per heavy atom.